The number of hydrazone groups is 2. The van der Waals surface area contributed by atoms with Gasteiger partial charge in [-0.3, -0.25) is 0 Å². The molecule has 0 saturated carbocycles. The molecule has 0 fully saturated rings. The summed E-state index contributed by atoms with van der Waals surface area (Å²) >= 11 is 0. The number of benzene rings is 10. The van der Waals surface area contributed by atoms with E-state index in [1.165, 1.54) is 0 Å². The zero-order valence-corrected chi connectivity index (χ0v) is 40.6. The van der Waals surface area contributed by atoms with Crippen molar-refractivity contribution in [2.75, 3.05) is 14.1 Å². The lowest BCUT2D eigenvalue weighted by molar-refractivity contribution is 0.454. The Kier molecular flexibility index (Phi) is 10.0. The van der Waals surface area contributed by atoms with Gasteiger partial charge in [0.2, 0.25) is 0 Å². The molecule has 10 aromatic carbocycles. The highest BCUT2D eigenvalue weighted by molar-refractivity contribution is 7.80. The molecule has 10 aromatic rings. The van der Waals surface area contributed by atoms with Gasteiger partial charge in [-0.1, -0.05) is 174 Å². The fourth-order valence-electron chi connectivity index (χ4n) is 9.49. The van der Waals surface area contributed by atoms with E-state index in [0.29, 0.717) is 23.0 Å². The van der Waals surface area contributed by atoms with Gasteiger partial charge in [0.15, 0.2) is 0 Å². The minimum atomic E-state index is -3.97. The summed E-state index contributed by atoms with van der Waals surface area (Å²) in [4.78, 5) is 0. The average Bonchev–Trinajstić information content (AvgIpc) is 3.61. The maximum absolute atomic E-state index is 7.26. The van der Waals surface area contributed by atoms with Crippen LogP contribution in [-0.2, 0) is 0 Å². The summed E-state index contributed by atoms with van der Waals surface area (Å²) in [6.07, 6.45) is 3.79. The number of para-hydroxylation sites is 4. The molecule has 0 aromatic heterocycles. The molecule has 14 heteroatoms. The van der Waals surface area contributed by atoms with Gasteiger partial charge in [0.25, 0.3) is 0 Å². The topological polar surface area (TPSA) is 105 Å². The predicted octanol–water partition coefficient (Wildman–Crippen LogP) is 16.7. The molecule has 1 atom stereocenters. The number of hydrogen-bond acceptors (Lipinski definition) is 11. The Labute approximate surface area is 404 Å². The third-order valence-electron chi connectivity index (χ3n) is 12.8. The van der Waals surface area contributed by atoms with Crippen molar-refractivity contribution in [3.8, 4) is 45.3 Å². The second-order valence-corrected chi connectivity index (χ2v) is 24.1. The van der Waals surface area contributed by atoms with Crippen molar-refractivity contribution in [3.05, 3.63) is 217 Å². The molecule has 3 heterocycles. The minimum Gasteiger partial charge on any atom is -0.413 e. The second-order valence-electron chi connectivity index (χ2n) is 17.1. The van der Waals surface area contributed by atoms with Gasteiger partial charge in [0.1, 0.15) is 23.0 Å². The molecule has 1 unspecified atom stereocenters. The zero-order chi connectivity index (χ0) is 46.9. The van der Waals surface area contributed by atoms with Gasteiger partial charge >= 0.3 is 22.8 Å². The van der Waals surface area contributed by atoms with Crippen molar-refractivity contribution < 1.29 is 18.1 Å². The summed E-state index contributed by atoms with van der Waals surface area (Å²) < 4.78 is 49.7. The molecule has 11 nitrogen and oxygen atoms in total. The van der Waals surface area contributed by atoms with Crippen LogP contribution in [0, 0.1) is 0 Å². The first-order chi connectivity index (χ1) is 34.4. The van der Waals surface area contributed by atoms with Crippen molar-refractivity contribution in [2.45, 2.75) is 0 Å². The van der Waals surface area contributed by atoms with Gasteiger partial charge in [-0.15, -0.1) is 9.03 Å². The number of fused-ring (bicyclic) bond motifs is 10. The summed E-state index contributed by atoms with van der Waals surface area (Å²) in [5.41, 5.74) is 5.22. The maximum atomic E-state index is 7.26. The molecule has 0 amide bonds. The summed E-state index contributed by atoms with van der Waals surface area (Å²) in [7, 11) is -8.01. The van der Waals surface area contributed by atoms with E-state index in [1.54, 1.807) is 9.56 Å². The number of nitrogens with zero attached hydrogens (tertiary/aromatic N) is 7. The minimum absolute atomic E-state index is 0.545. The fraction of sp³-hybridized carbons (Fsp3) is 0.0357. The van der Waals surface area contributed by atoms with Gasteiger partial charge in [0, 0.05) is 47.5 Å². The van der Waals surface area contributed by atoms with Gasteiger partial charge < -0.3 is 18.1 Å². The largest absolute Gasteiger partial charge is 0.458 e. The molecule has 70 heavy (non-hydrogen) atoms. The molecule has 0 aliphatic carbocycles. The Bertz CT molecular complexity index is 3600. The lowest BCUT2D eigenvalue weighted by atomic mass is 9.97. The molecule has 0 bridgehead atoms. The van der Waals surface area contributed by atoms with Gasteiger partial charge in [-0.2, -0.15) is 10.2 Å². The standard InChI is InChI=1S/C56H42N7O4P3/c1-62(57-37-51-43-23-7-3-19-39(43)35-40-20-4-8-24-44(40)51)68(63(2)58-38-52-45-25-9-5-21-41(45)36-42-22-6-10-26-46(42)52)59-69(64-53-31-15-11-27-47(53)48-28-12-16-32-54(48)65-69)61-70(60-68)66-55-33-17-13-29-49(55)50-30-14-18-34-56(50)67-70/h3-38H,1-2H3/b57-37-,58-38+. The van der Waals surface area contributed by atoms with Crippen LogP contribution in [0.4, 0.5) is 0 Å². The van der Waals surface area contributed by atoms with Crippen LogP contribution in [0.2, 0.25) is 0 Å². The Balaban J connectivity index is 1.11. The molecular formula is C56H42N7O4P3. The summed E-state index contributed by atoms with van der Waals surface area (Å²) in [6.45, 7) is 0. The fourth-order valence-corrected chi connectivity index (χ4v) is 20.0. The third-order valence-corrected chi connectivity index (χ3v) is 21.8. The van der Waals surface area contributed by atoms with E-state index in [0.717, 1.165) is 76.5 Å². The van der Waals surface area contributed by atoms with E-state index in [2.05, 4.69) is 109 Å². The van der Waals surface area contributed by atoms with Crippen molar-refractivity contribution in [2.24, 2.45) is 23.7 Å². The van der Waals surface area contributed by atoms with Crippen molar-refractivity contribution in [1.82, 2.24) is 9.56 Å². The Morgan fingerprint density at radius 1 is 0.357 bits per heavy atom. The highest BCUT2D eigenvalue weighted by Gasteiger charge is 2.51. The summed E-state index contributed by atoms with van der Waals surface area (Å²) in [5.74, 6) is 2.18. The molecule has 0 N–H and O–H groups in total. The number of rotatable bonds is 6. The van der Waals surface area contributed by atoms with Crippen molar-refractivity contribution >= 4 is 78.3 Å². The van der Waals surface area contributed by atoms with Gasteiger partial charge in [-0.05, 0) is 79.5 Å². The Morgan fingerprint density at radius 2 is 0.643 bits per heavy atom. The average molecular weight is 970 g/mol. The second kappa shape index (κ2) is 16.6. The van der Waals surface area contributed by atoms with Gasteiger partial charge in [-0.25, -0.2) is 9.56 Å². The van der Waals surface area contributed by atoms with E-state index in [4.69, 9.17) is 41.8 Å². The first-order valence-corrected chi connectivity index (χ1v) is 27.5. The molecule has 0 radical (unpaired) electrons. The first kappa shape index (κ1) is 42.2. The third kappa shape index (κ3) is 7.08. The summed E-state index contributed by atoms with van der Waals surface area (Å²) in [6, 6.07) is 69.3. The first-order valence-electron chi connectivity index (χ1n) is 22.8. The monoisotopic (exact) mass is 969 g/mol. The molecule has 13 rings (SSSR count). The van der Waals surface area contributed by atoms with E-state index >= 15 is 0 Å². The maximum Gasteiger partial charge on any atom is 0.458 e. The SMILES string of the molecule is CN(/N=C\c1c2ccccc2cc2ccccc12)P1(N(C)/N=C/c2c3ccccc3cc3ccccc23)=NP2(=NP3(=N1)Oc1ccccc1-c1ccccc1O3)Oc1ccccc1-c1ccccc1O2. The lowest BCUT2D eigenvalue weighted by Gasteiger charge is -2.38. The highest BCUT2D eigenvalue weighted by atomic mass is 31.3. The highest BCUT2D eigenvalue weighted by Crippen LogP contribution is 2.81. The zero-order valence-electron chi connectivity index (χ0n) is 37.9. The van der Waals surface area contributed by atoms with E-state index < -0.39 is 22.8 Å². The Hall–Kier alpha value is -7.93. The van der Waals surface area contributed by atoms with E-state index in [9.17, 15) is 0 Å². The quantitative estimate of drug-likeness (QED) is 0.0711. The van der Waals surface area contributed by atoms with E-state index in [1.807, 2.05) is 124 Å². The van der Waals surface area contributed by atoms with Crippen LogP contribution in [0.1, 0.15) is 11.1 Å². The lowest BCUT2D eigenvalue weighted by Crippen LogP contribution is -2.22. The van der Waals surface area contributed by atoms with Crippen LogP contribution in [0.15, 0.2) is 230 Å². The van der Waals surface area contributed by atoms with Crippen LogP contribution in [0.3, 0.4) is 0 Å². The van der Waals surface area contributed by atoms with Gasteiger partial charge in [0.05, 0.1) is 12.4 Å². The van der Waals surface area contributed by atoms with Crippen LogP contribution < -0.4 is 18.1 Å². The smallest absolute Gasteiger partial charge is 0.413 e. The molecule has 3 aliphatic heterocycles. The molecule has 3 aliphatic rings. The number of hydrogen-bond donors (Lipinski definition) is 0. The Morgan fingerprint density at radius 3 is 0.986 bits per heavy atom. The molecular weight excluding hydrogens is 928 g/mol. The van der Waals surface area contributed by atoms with Crippen molar-refractivity contribution in [1.29, 1.82) is 0 Å². The van der Waals surface area contributed by atoms with Crippen LogP contribution >= 0.6 is 22.8 Å². The predicted molar refractivity (Wildman–Crippen MR) is 288 cm³/mol. The van der Waals surface area contributed by atoms with E-state index in [-0.39, 0.29) is 0 Å². The van der Waals surface area contributed by atoms with Crippen molar-refractivity contribution in [3.63, 3.8) is 0 Å². The molecule has 340 valence electrons. The molecule has 2 spiro atoms. The van der Waals surface area contributed by atoms with Crippen LogP contribution in [-0.4, -0.2) is 36.1 Å². The van der Waals surface area contributed by atoms with Crippen LogP contribution in [0.5, 0.6) is 23.0 Å². The van der Waals surface area contributed by atoms with Crippen LogP contribution in [0.25, 0.3) is 65.3 Å². The molecule has 0 saturated heterocycles. The summed E-state index contributed by atoms with van der Waals surface area (Å²) in [5, 5.41) is 19.3. The normalized spacial score (nSPS) is 17.1.